The number of rotatable bonds is 6. The number of allylic oxidation sites excluding steroid dienone is 2. The summed E-state index contributed by atoms with van der Waals surface area (Å²) < 4.78 is 37.7. The molecule has 0 amide bonds. The molecule has 0 heterocycles. The second-order valence-corrected chi connectivity index (χ2v) is 6.87. The molecule has 0 aliphatic heterocycles. The third-order valence-electron chi connectivity index (χ3n) is 4.64. The summed E-state index contributed by atoms with van der Waals surface area (Å²) in [5.41, 5.74) is 0.333. The minimum absolute atomic E-state index is 0.0720. The number of nitrogens with zero attached hydrogens (tertiary/aromatic N) is 1. The van der Waals surface area contributed by atoms with Gasteiger partial charge in [-0.05, 0) is 36.0 Å². The molecule has 0 spiro atoms. The fraction of sp³-hybridized carbons (Fsp3) is 0.474. The molecule has 2 atom stereocenters. The topological polar surface area (TPSA) is 59.3 Å². The van der Waals surface area contributed by atoms with Gasteiger partial charge >= 0.3 is 5.97 Å². The van der Waals surface area contributed by atoms with Gasteiger partial charge < -0.3 is 9.47 Å². The van der Waals surface area contributed by atoms with E-state index in [0.29, 0.717) is 5.57 Å². The van der Waals surface area contributed by atoms with E-state index in [2.05, 4.69) is 0 Å². The van der Waals surface area contributed by atoms with Gasteiger partial charge in [0.15, 0.2) is 0 Å². The van der Waals surface area contributed by atoms with Crippen molar-refractivity contribution in [3.8, 4) is 6.07 Å². The molecule has 4 nitrogen and oxygen atoms in total. The number of ether oxygens (including phenoxy) is 2. The van der Waals surface area contributed by atoms with Crippen LogP contribution in [0.5, 0.6) is 0 Å². The van der Waals surface area contributed by atoms with Gasteiger partial charge in [-0.25, -0.2) is 8.78 Å². The average Bonchev–Trinajstić information content (AvgIpc) is 3.08. The molecular formula is C19H21F2NO3. The van der Waals surface area contributed by atoms with E-state index in [4.69, 9.17) is 14.7 Å². The minimum Gasteiger partial charge on any atom is -0.461 e. The second-order valence-electron chi connectivity index (χ2n) is 6.87. The highest BCUT2D eigenvalue weighted by atomic mass is 19.1. The van der Waals surface area contributed by atoms with Crippen LogP contribution in [0.25, 0.3) is 0 Å². The minimum atomic E-state index is -0.731. The lowest BCUT2D eigenvalue weighted by atomic mass is 10.1. The smallest absolute Gasteiger partial charge is 0.310 e. The Bertz CT molecular complexity index is 727. The van der Waals surface area contributed by atoms with Gasteiger partial charge in [0.1, 0.15) is 18.2 Å². The monoisotopic (exact) mass is 349 g/mol. The van der Waals surface area contributed by atoms with Crippen molar-refractivity contribution in [2.45, 2.75) is 34.0 Å². The van der Waals surface area contributed by atoms with Gasteiger partial charge in [0.2, 0.25) is 0 Å². The van der Waals surface area contributed by atoms with Gasteiger partial charge in [-0.15, -0.1) is 0 Å². The summed E-state index contributed by atoms with van der Waals surface area (Å²) in [5, 5.41) is 8.86. The van der Waals surface area contributed by atoms with Crippen LogP contribution in [0.4, 0.5) is 8.78 Å². The molecule has 0 saturated heterocycles. The average molecular weight is 349 g/mol. The lowest BCUT2D eigenvalue weighted by Gasteiger charge is -2.09. The Labute approximate surface area is 146 Å². The lowest BCUT2D eigenvalue weighted by Crippen LogP contribution is -2.11. The number of halogens is 2. The summed E-state index contributed by atoms with van der Waals surface area (Å²) in [7, 11) is 1.35. The van der Waals surface area contributed by atoms with Crippen molar-refractivity contribution < 1.29 is 23.0 Å². The van der Waals surface area contributed by atoms with Crippen LogP contribution < -0.4 is 0 Å². The Morgan fingerprint density at radius 2 is 1.92 bits per heavy atom. The highest BCUT2D eigenvalue weighted by molar-refractivity contribution is 5.78. The largest absolute Gasteiger partial charge is 0.461 e. The van der Waals surface area contributed by atoms with Crippen LogP contribution >= 0.6 is 0 Å². The van der Waals surface area contributed by atoms with Crippen molar-refractivity contribution in [1.29, 1.82) is 5.26 Å². The molecule has 134 valence electrons. The summed E-state index contributed by atoms with van der Waals surface area (Å²) in [6, 6.07) is 4.31. The lowest BCUT2D eigenvalue weighted by molar-refractivity contribution is -0.147. The third-order valence-corrected chi connectivity index (χ3v) is 4.64. The van der Waals surface area contributed by atoms with E-state index >= 15 is 0 Å². The summed E-state index contributed by atoms with van der Waals surface area (Å²) in [5.74, 6) is -2.33. The number of methoxy groups -OCH3 is 1. The van der Waals surface area contributed by atoms with Crippen LogP contribution in [0, 0.1) is 40.2 Å². The van der Waals surface area contributed by atoms with Crippen molar-refractivity contribution in [3.05, 3.63) is 46.5 Å². The summed E-state index contributed by atoms with van der Waals surface area (Å²) >= 11 is 0. The first-order valence-electron chi connectivity index (χ1n) is 7.93. The quantitative estimate of drug-likeness (QED) is 0.577. The molecule has 2 unspecified atom stereocenters. The maximum absolute atomic E-state index is 13.9. The summed E-state index contributed by atoms with van der Waals surface area (Å²) in [6.07, 6.45) is 1.77. The molecule has 0 radical (unpaired) electrons. The summed E-state index contributed by atoms with van der Waals surface area (Å²) in [6.45, 7) is 5.15. The van der Waals surface area contributed by atoms with Gasteiger partial charge in [-0.2, -0.15) is 5.26 Å². The third kappa shape index (κ3) is 4.05. The first-order chi connectivity index (χ1) is 11.7. The molecule has 1 aromatic rings. The van der Waals surface area contributed by atoms with E-state index in [1.54, 1.807) is 13.0 Å². The van der Waals surface area contributed by atoms with Crippen LogP contribution in [0.3, 0.4) is 0 Å². The molecule has 0 bridgehead atoms. The van der Waals surface area contributed by atoms with Crippen LogP contribution in [0.1, 0.15) is 31.9 Å². The second kappa shape index (κ2) is 7.32. The molecular weight excluding hydrogens is 328 g/mol. The molecule has 1 saturated carbocycles. The maximum atomic E-state index is 13.9. The van der Waals surface area contributed by atoms with E-state index in [-0.39, 0.29) is 41.6 Å². The summed E-state index contributed by atoms with van der Waals surface area (Å²) in [4.78, 5) is 12.3. The number of benzene rings is 1. The van der Waals surface area contributed by atoms with E-state index in [1.165, 1.54) is 7.11 Å². The van der Waals surface area contributed by atoms with Crippen molar-refractivity contribution in [1.82, 2.24) is 0 Å². The zero-order chi connectivity index (χ0) is 18.8. The van der Waals surface area contributed by atoms with Crippen LogP contribution in [-0.2, 0) is 27.5 Å². The standard InChI is InChI=1S/C19H21F2NO3/c1-11(8-22)5-14-17(19(14,2)3)18(23)25-9-12-6-15(20)13(10-24-4)16(21)7-12/h5-7,14,17H,9-10H2,1-4H3. The number of carbonyl (C=O) groups excluding carboxylic acids is 1. The molecule has 1 aliphatic rings. The van der Waals surface area contributed by atoms with Crippen molar-refractivity contribution >= 4 is 5.97 Å². The number of esters is 1. The Morgan fingerprint density at radius 3 is 2.44 bits per heavy atom. The number of hydrogen-bond acceptors (Lipinski definition) is 4. The first kappa shape index (κ1) is 19.1. The van der Waals surface area contributed by atoms with Crippen LogP contribution in [0.15, 0.2) is 23.8 Å². The van der Waals surface area contributed by atoms with Crippen molar-refractivity contribution in [3.63, 3.8) is 0 Å². The first-order valence-corrected chi connectivity index (χ1v) is 7.93. The van der Waals surface area contributed by atoms with Gasteiger partial charge in [0.05, 0.1) is 18.6 Å². The van der Waals surface area contributed by atoms with Crippen molar-refractivity contribution in [2.24, 2.45) is 17.3 Å². The zero-order valence-electron chi connectivity index (χ0n) is 14.7. The molecule has 1 fully saturated rings. The Kier molecular flexibility index (Phi) is 5.58. The van der Waals surface area contributed by atoms with Crippen molar-refractivity contribution in [2.75, 3.05) is 7.11 Å². The molecule has 25 heavy (non-hydrogen) atoms. The van der Waals surface area contributed by atoms with Gasteiger partial charge in [-0.1, -0.05) is 19.9 Å². The Morgan fingerprint density at radius 1 is 1.32 bits per heavy atom. The van der Waals surface area contributed by atoms with E-state index in [0.717, 1.165) is 12.1 Å². The maximum Gasteiger partial charge on any atom is 0.310 e. The molecule has 1 aromatic carbocycles. The Balaban J connectivity index is 2.03. The molecule has 0 N–H and O–H groups in total. The van der Waals surface area contributed by atoms with Gasteiger partial charge in [0, 0.05) is 18.2 Å². The van der Waals surface area contributed by atoms with Crippen LogP contribution in [0.2, 0.25) is 0 Å². The van der Waals surface area contributed by atoms with Crippen LogP contribution in [-0.4, -0.2) is 13.1 Å². The Hall–Kier alpha value is -2.26. The normalized spacial score (nSPS) is 21.6. The molecule has 1 aliphatic carbocycles. The molecule has 6 heteroatoms. The molecule has 0 aromatic heterocycles. The van der Waals surface area contributed by atoms with Gasteiger partial charge in [-0.3, -0.25) is 4.79 Å². The number of carbonyl (C=O) groups is 1. The number of hydrogen-bond donors (Lipinski definition) is 0. The highest BCUT2D eigenvalue weighted by Crippen LogP contribution is 2.59. The predicted octanol–water partition coefficient (Wildman–Crippen LogP) is 3.90. The number of nitriles is 1. The van der Waals surface area contributed by atoms with E-state index in [9.17, 15) is 13.6 Å². The van der Waals surface area contributed by atoms with Gasteiger partial charge in [0.25, 0.3) is 0 Å². The zero-order valence-corrected chi connectivity index (χ0v) is 14.7. The fourth-order valence-electron chi connectivity index (χ4n) is 3.01. The predicted molar refractivity (Wildman–Crippen MR) is 87.0 cm³/mol. The van der Waals surface area contributed by atoms with E-state index < -0.39 is 17.6 Å². The molecule has 2 rings (SSSR count). The fourth-order valence-corrected chi connectivity index (χ4v) is 3.01. The van der Waals surface area contributed by atoms with E-state index in [1.807, 2.05) is 19.9 Å². The highest BCUT2D eigenvalue weighted by Gasteiger charge is 2.61. The SMILES string of the molecule is COCc1c(F)cc(COC(=O)C2C(C=C(C)C#N)C2(C)C)cc1F.